The van der Waals surface area contributed by atoms with Gasteiger partial charge >= 0.3 is 0 Å². The zero-order valence-corrected chi connectivity index (χ0v) is 6.74. The van der Waals surface area contributed by atoms with Gasteiger partial charge in [-0.05, 0) is 23.8 Å². The number of carbonyl (C=O) groups is 1. The van der Waals surface area contributed by atoms with Crippen molar-refractivity contribution in [1.29, 1.82) is 0 Å². The minimum absolute atomic E-state index is 0.0816. The van der Waals surface area contributed by atoms with Crippen LogP contribution in [0.4, 0.5) is 0 Å². The highest BCUT2D eigenvalue weighted by molar-refractivity contribution is 6.15. The number of rotatable bonds is 0. The minimum Gasteiger partial charge on any atom is -0.289 e. The van der Waals surface area contributed by atoms with Gasteiger partial charge in [0, 0.05) is 10.9 Å². The first-order valence-corrected chi connectivity index (χ1v) is 4.04. The Balaban J connectivity index is 2.44. The molecule has 0 amide bonds. The number of nitrogens with one attached hydrogen (secondary N) is 1. The molecule has 0 spiro atoms. The molecule has 0 bridgehead atoms. The minimum atomic E-state index is 0.0816. The summed E-state index contributed by atoms with van der Waals surface area (Å²) in [5, 5.41) is 7.76. The van der Waals surface area contributed by atoms with Gasteiger partial charge in [0.25, 0.3) is 0 Å². The zero-order chi connectivity index (χ0) is 8.84. The molecule has 0 unspecified atom stereocenters. The Morgan fingerprint density at radius 1 is 1.23 bits per heavy atom. The Kier molecular flexibility index (Phi) is 1.05. The second-order valence-corrected chi connectivity index (χ2v) is 3.09. The van der Waals surface area contributed by atoms with E-state index in [-0.39, 0.29) is 5.78 Å². The lowest BCUT2D eigenvalue weighted by molar-refractivity contribution is 0.105. The van der Waals surface area contributed by atoms with Crippen molar-refractivity contribution in [3.05, 3.63) is 35.5 Å². The molecule has 1 aromatic carbocycles. The summed E-state index contributed by atoms with van der Waals surface area (Å²) in [4.78, 5) is 11.3. The topological polar surface area (TPSA) is 45.8 Å². The molecule has 0 saturated carbocycles. The average Bonchev–Trinajstić information content (AvgIpc) is 2.70. The van der Waals surface area contributed by atoms with E-state index in [1.807, 2.05) is 18.2 Å². The SMILES string of the molecule is O=C1C=Cc2cc3[nH]ncc3cc21. The van der Waals surface area contributed by atoms with Crippen molar-refractivity contribution in [3.8, 4) is 0 Å². The highest BCUT2D eigenvalue weighted by Crippen LogP contribution is 2.24. The van der Waals surface area contributed by atoms with Crippen LogP contribution in [0.1, 0.15) is 15.9 Å². The molecule has 0 aliphatic heterocycles. The Morgan fingerprint density at radius 3 is 3.08 bits per heavy atom. The Labute approximate surface area is 74.1 Å². The lowest BCUT2D eigenvalue weighted by atomic mass is 10.1. The van der Waals surface area contributed by atoms with E-state index in [1.54, 1.807) is 12.3 Å². The van der Waals surface area contributed by atoms with Crippen LogP contribution in [0.15, 0.2) is 24.4 Å². The van der Waals surface area contributed by atoms with E-state index in [2.05, 4.69) is 10.2 Å². The molecule has 62 valence electrons. The number of aromatic nitrogens is 2. The molecule has 1 aromatic heterocycles. The molecule has 1 aliphatic carbocycles. The van der Waals surface area contributed by atoms with Gasteiger partial charge in [-0.1, -0.05) is 6.08 Å². The summed E-state index contributed by atoms with van der Waals surface area (Å²) in [6.07, 6.45) is 5.15. The van der Waals surface area contributed by atoms with Crippen LogP contribution >= 0.6 is 0 Å². The normalized spacial score (nSPS) is 14.0. The number of benzene rings is 1. The average molecular weight is 170 g/mol. The van der Waals surface area contributed by atoms with Gasteiger partial charge in [-0.15, -0.1) is 0 Å². The van der Waals surface area contributed by atoms with Crippen LogP contribution < -0.4 is 0 Å². The van der Waals surface area contributed by atoms with Crippen molar-refractivity contribution in [1.82, 2.24) is 10.2 Å². The number of ketones is 1. The summed E-state index contributed by atoms with van der Waals surface area (Å²) in [5.74, 6) is 0.0816. The van der Waals surface area contributed by atoms with Gasteiger partial charge < -0.3 is 0 Å². The van der Waals surface area contributed by atoms with E-state index in [0.29, 0.717) is 0 Å². The molecule has 13 heavy (non-hydrogen) atoms. The van der Waals surface area contributed by atoms with Gasteiger partial charge in [-0.2, -0.15) is 5.10 Å². The molecule has 0 radical (unpaired) electrons. The third-order valence-corrected chi connectivity index (χ3v) is 2.29. The molecule has 0 atom stereocenters. The largest absolute Gasteiger partial charge is 0.289 e. The summed E-state index contributed by atoms with van der Waals surface area (Å²) in [7, 11) is 0. The predicted molar refractivity (Wildman–Crippen MR) is 49.5 cm³/mol. The maximum Gasteiger partial charge on any atom is 0.186 e. The molecule has 3 nitrogen and oxygen atoms in total. The number of aromatic amines is 1. The van der Waals surface area contributed by atoms with Gasteiger partial charge in [0.2, 0.25) is 0 Å². The summed E-state index contributed by atoms with van der Waals surface area (Å²) in [6.45, 7) is 0. The van der Waals surface area contributed by atoms with Crippen LogP contribution in [0.5, 0.6) is 0 Å². The first-order valence-electron chi connectivity index (χ1n) is 4.04. The number of nitrogens with zero attached hydrogens (tertiary/aromatic N) is 1. The monoisotopic (exact) mass is 170 g/mol. The van der Waals surface area contributed by atoms with Crippen molar-refractivity contribution in [3.63, 3.8) is 0 Å². The fourth-order valence-corrected chi connectivity index (χ4v) is 1.61. The standard InChI is InChI=1S/C10H6N2O/c13-10-2-1-6-4-9-7(3-8(6)10)5-11-12-9/h1-5H,(H,11,12). The van der Waals surface area contributed by atoms with Crippen molar-refractivity contribution in [2.24, 2.45) is 0 Å². The molecule has 2 aromatic rings. The molecule has 0 fully saturated rings. The Bertz CT molecular complexity index is 537. The lowest BCUT2D eigenvalue weighted by Crippen LogP contribution is -1.90. The van der Waals surface area contributed by atoms with E-state index in [0.717, 1.165) is 22.0 Å². The van der Waals surface area contributed by atoms with Gasteiger partial charge in [0.05, 0.1) is 11.7 Å². The number of allylic oxidation sites excluding steroid dienone is 1. The lowest BCUT2D eigenvalue weighted by Gasteiger charge is -1.96. The molecular weight excluding hydrogens is 164 g/mol. The first kappa shape index (κ1) is 6.60. The van der Waals surface area contributed by atoms with Gasteiger partial charge in [-0.3, -0.25) is 9.89 Å². The number of hydrogen-bond acceptors (Lipinski definition) is 2. The highest BCUT2D eigenvalue weighted by Gasteiger charge is 2.14. The molecule has 3 rings (SSSR count). The van der Waals surface area contributed by atoms with Crippen LogP contribution in [0, 0.1) is 0 Å². The summed E-state index contributed by atoms with van der Waals surface area (Å²) in [6, 6.07) is 3.82. The molecule has 1 N–H and O–H groups in total. The number of H-pyrrole nitrogens is 1. The second kappa shape index (κ2) is 2.07. The third-order valence-electron chi connectivity index (χ3n) is 2.29. The first-order chi connectivity index (χ1) is 6.34. The van der Waals surface area contributed by atoms with Crippen molar-refractivity contribution >= 4 is 22.8 Å². The smallest absolute Gasteiger partial charge is 0.186 e. The molecule has 1 heterocycles. The van der Waals surface area contributed by atoms with E-state index in [1.165, 1.54) is 0 Å². The maximum absolute atomic E-state index is 11.3. The highest BCUT2D eigenvalue weighted by atomic mass is 16.1. The summed E-state index contributed by atoms with van der Waals surface area (Å²) in [5.41, 5.74) is 2.72. The number of fused-ring (bicyclic) bond motifs is 2. The fraction of sp³-hybridized carbons (Fsp3) is 0. The summed E-state index contributed by atoms with van der Waals surface area (Å²) >= 11 is 0. The van der Waals surface area contributed by atoms with Crippen molar-refractivity contribution < 1.29 is 4.79 Å². The Morgan fingerprint density at radius 2 is 2.15 bits per heavy atom. The maximum atomic E-state index is 11.3. The molecular formula is C10H6N2O. The quantitative estimate of drug-likeness (QED) is 0.654. The van der Waals surface area contributed by atoms with Crippen LogP contribution in [0.25, 0.3) is 17.0 Å². The van der Waals surface area contributed by atoms with E-state index >= 15 is 0 Å². The van der Waals surface area contributed by atoms with E-state index in [9.17, 15) is 4.79 Å². The van der Waals surface area contributed by atoms with Gasteiger partial charge in [-0.25, -0.2) is 0 Å². The van der Waals surface area contributed by atoms with Crippen LogP contribution in [0.3, 0.4) is 0 Å². The van der Waals surface area contributed by atoms with E-state index < -0.39 is 0 Å². The summed E-state index contributed by atoms with van der Waals surface area (Å²) < 4.78 is 0. The fourth-order valence-electron chi connectivity index (χ4n) is 1.61. The van der Waals surface area contributed by atoms with Crippen LogP contribution in [0.2, 0.25) is 0 Å². The number of hydrogen-bond donors (Lipinski definition) is 1. The molecule has 1 aliphatic rings. The van der Waals surface area contributed by atoms with Gasteiger partial charge in [0.1, 0.15) is 0 Å². The van der Waals surface area contributed by atoms with Crippen LogP contribution in [-0.4, -0.2) is 16.0 Å². The molecule has 3 heteroatoms. The van der Waals surface area contributed by atoms with Crippen molar-refractivity contribution in [2.75, 3.05) is 0 Å². The predicted octanol–water partition coefficient (Wildman–Crippen LogP) is 1.77. The zero-order valence-electron chi connectivity index (χ0n) is 6.74. The van der Waals surface area contributed by atoms with E-state index in [4.69, 9.17) is 0 Å². The Hall–Kier alpha value is -1.90. The van der Waals surface area contributed by atoms with Crippen LogP contribution in [-0.2, 0) is 0 Å². The van der Waals surface area contributed by atoms with Gasteiger partial charge in [0.15, 0.2) is 5.78 Å². The molecule has 0 saturated heterocycles. The number of carbonyl (C=O) groups excluding carboxylic acids is 1. The second-order valence-electron chi connectivity index (χ2n) is 3.09. The third kappa shape index (κ3) is 0.783. The van der Waals surface area contributed by atoms with Crippen molar-refractivity contribution in [2.45, 2.75) is 0 Å².